The molecule has 1 aliphatic carbocycles. The lowest BCUT2D eigenvalue weighted by molar-refractivity contribution is 0.393. The van der Waals surface area contributed by atoms with Crippen molar-refractivity contribution in [3.63, 3.8) is 0 Å². The molecule has 1 aliphatic rings. The molecule has 0 atom stereocenters. The molecular formula is C20H23N5O. The van der Waals surface area contributed by atoms with Crippen molar-refractivity contribution in [2.45, 2.75) is 46.5 Å². The zero-order valence-electron chi connectivity index (χ0n) is 15.5. The van der Waals surface area contributed by atoms with E-state index in [4.69, 9.17) is 20.7 Å². The van der Waals surface area contributed by atoms with E-state index in [1.54, 1.807) is 6.92 Å². The van der Waals surface area contributed by atoms with Crippen molar-refractivity contribution in [2.75, 3.05) is 0 Å². The number of benzene rings is 1. The van der Waals surface area contributed by atoms with E-state index in [2.05, 4.69) is 22.3 Å². The third kappa shape index (κ3) is 2.62. The molecule has 0 aliphatic heterocycles. The summed E-state index contributed by atoms with van der Waals surface area (Å²) in [5.41, 5.74) is 13.4. The summed E-state index contributed by atoms with van der Waals surface area (Å²) in [7, 11) is 0. The Labute approximate surface area is 152 Å². The van der Waals surface area contributed by atoms with Crippen LogP contribution in [0, 0.1) is 19.3 Å². The van der Waals surface area contributed by atoms with Gasteiger partial charge >= 0.3 is 0 Å². The highest BCUT2D eigenvalue weighted by atomic mass is 16.5. The van der Waals surface area contributed by atoms with Crippen LogP contribution in [0.15, 0.2) is 22.4 Å². The molecule has 0 radical (unpaired) electrons. The minimum Gasteiger partial charge on any atom is -0.402 e. The number of rotatable bonds is 4. The highest BCUT2D eigenvalue weighted by Gasteiger charge is 2.28. The number of H-pyrrole nitrogens is 1. The van der Waals surface area contributed by atoms with Gasteiger partial charge in [0.15, 0.2) is 0 Å². The normalized spacial score (nSPS) is 15.4. The number of allylic oxidation sites excluding steroid dienone is 2. The summed E-state index contributed by atoms with van der Waals surface area (Å²) in [5.74, 6) is 2.32. The number of nitrogens with one attached hydrogen (secondary N) is 2. The Morgan fingerprint density at radius 3 is 2.54 bits per heavy atom. The van der Waals surface area contributed by atoms with Crippen LogP contribution in [0.25, 0.3) is 27.7 Å². The van der Waals surface area contributed by atoms with E-state index < -0.39 is 0 Å². The van der Waals surface area contributed by atoms with Gasteiger partial charge in [0.1, 0.15) is 11.6 Å². The molecule has 2 heterocycles. The van der Waals surface area contributed by atoms with Crippen LogP contribution < -0.4 is 5.73 Å². The van der Waals surface area contributed by atoms with Gasteiger partial charge in [-0.1, -0.05) is 5.16 Å². The van der Waals surface area contributed by atoms with Crippen LogP contribution in [0.1, 0.15) is 55.4 Å². The van der Waals surface area contributed by atoms with Crippen LogP contribution in [-0.4, -0.2) is 20.8 Å². The van der Waals surface area contributed by atoms with E-state index in [0.717, 1.165) is 50.6 Å². The lowest BCUT2D eigenvalue weighted by Crippen LogP contribution is -2.05. The van der Waals surface area contributed by atoms with E-state index in [9.17, 15) is 0 Å². The Morgan fingerprint density at radius 2 is 2.00 bits per heavy atom. The third-order valence-electron chi connectivity index (χ3n) is 4.93. The number of fused-ring (bicyclic) bond motifs is 1. The molecular weight excluding hydrogens is 326 g/mol. The number of aromatic amines is 1. The SMILES string of the molecule is CC(=N)C(=C(C)N)c1cc(-c2c(C)noc2C)cc2[nH]c(C3CC3)nc12. The van der Waals surface area contributed by atoms with Crippen molar-refractivity contribution >= 4 is 22.3 Å². The van der Waals surface area contributed by atoms with Gasteiger partial charge in [-0.25, -0.2) is 4.98 Å². The Kier molecular flexibility index (Phi) is 3.72. The van der Waals surface area contributed by atoms with E-state index in [-0.39, 0.29) is 0 Å². The fourth-order valence-electron chi connectivity index (χ4n) is 3.63. The van der Waals surface area contributed by atoms with Crippen LogP contribution >= 0.6 is 0 Å². The number of aromatic nitrogens is 3. The number of aryl methyl sites for hydroxylation is 2. The quantitative estimate of drug-likeness (QED) is 0.605. The van der Waals surface area contributed by atoms with Gasteiger partial charge in [-0.3, -0.25) is 0 Å². The van der Waals surface area contributed by atoms with Gasteiger partial charge in [-0.2, -0.15) is 0 Å². The van der Waals surface area contributed by atoms with Crippen LogP contribution in [-0.2, 0) is 0 Å². The molecule has 26 heavy (non-hydrogen) atoms. The summed E-state index contributed by atoms with van der Waals surface area (Å²) in [6, 6.07) is 4.14. The molecule has 4 N–H and O–H groups in total. The zero-order valence-corrected chi connectivity index (χ0v) is 15.5. The molecule has 6 heteroatoms. The molecule has 0 unspecified atom stereocenters. The number of nitrogens with two attached hydrogens (primary N) is 1. The van der Waals surface area contributed by atoms with Crippen LogP contribution in [0.3, 0.4) is 0 Å². The van der Waals surface area contributed by atoms with Gasteiger partial charge in [-0.15, -0.1) is 0 Å². The largest absolute Gasteiger partial charge is 0.402 e. The summed E-state index contributed by atoms with van der Waals surface area (Å²) in [6.45, 7) is 7.43. The topological polar surface area (TPSA) is 105 Å². The second-order valence-electron chi connectivity index (χ2n) is 7.20. The predicted octanol–water partition coefficient (Wildman–Crippen LogP) is 4.44. The molecule has 6 nitrogen and oxygen atoms in total. The average molecular weight is 349 g/mol. The Morgan fingerprint density at radius 1 is 1.27 bits per heavy atom. The van der Waals surface area contributed by atoms with Gasteiger partial charge in [-0.05, 0) is 58.2 Å². The molecule has 4 rings (SSSR count). The van der Waals surface area contributed by atoms with Crippen molar-refractivity contribution in [3.8, 4) is 11.1 Å². The highest BCUT2D eigenvalue weighted by molar-refractivity contribution is 6.24. The lowest BCUT2D eigenvalue weighted by atomic mass is 9.94. The Bertz CT molecular complexity index is 1040. The van der Waals surface area contributed by atoms with Crippen molar-refractivity contribution < 1.29 is 4.52 Å². The minimum atomic E-state index is 0.429. The number of hydrogen-bond acceptors (Lipinski definition) is 5. The molecule has 0 saturated heterocycles. The fraction of sp³-hybridized carbons (Fsp3) is 0.350. The van der Waals surface area contributed by atoms with Crippen molar-refractivity contribution in [3.05, 3.63) is 40.7 Å². The van der Waals surface area contributed by atoms with E-state index >= 15 is 0 Å². The van der Waals surface area contributed by atoms with Gasteiger partial charge < -0.3 is 20.7 Å². The molecule has 0 amide bonds. The molecule has 3 aromatic rings. The minimum absolute atomic E-state index is 0.429. The molecule has 1 fully saturated rings. The summed E-state index contributed by atoms with van der Waals surface area (Å²) in [4.78, 5) is 8.32. The Balaban J connectivity index is 2.04. The summed E-state index contributed by atoms with van der Waals surface area (Å²) < 4.78 is 5.36. The maximum absolute atomic E-state index is 8.22. The fourth-order valence-corrected chi connectivity index (χ4v) is 3.63. The van der Waals surface area contributed by atoms with Gasteiger partial charge in [0.05, 0.1) is 16.7 Å². The first-order valence-electron chi connectivity index (χ1n) is 8.86. The first kappa shape index (κ1) is 16.6. The Hall–Kier alpha value is -2.89. The van der Waals surface area contributed by atoms with Crippen LogP contribution in [0.4, 0.5) is 0 Å². The molecule has 1 saturated carbocycles. The van der Waals surface area contributed by atoms with Crippen molar-refractivity contribution in [2.24, 2.45) is 5.73 Å². The summed E-state index contributed by atoms with van der Waals surface area (Å²) in [6.07, 6.45) is 2.35. The van der Waals surface area contributed by atoms with Gasteiger partial charge in [0.2, 0.25) is 0 Å². The highest BCUT2D eigenvalue weighted by Crippen LogP contribution is 2.41. The maximum atomic E-state index is 8.22. The first-order valence-corrected chi connectivity index (χ1v) is 8.86. The molecule has 0 bridgehead atoms. The zero-order chi connectivity index (χ0) is 18.6. The maximum Gasteiger partial charge on any atom is 0.141 e. The van der Waals surface area contributed by atoms with Crippen molar-refractivity contribution in [1.29, 1.82) is 5.41 Å². The van der Waals surface area contributed by atoms with Gasteiger partial charge in [0, 0.05) is 34.0 Å². The van der Waals surface area contributed by atoms with Crippen LogP contribution in [0.2, 0.25) is 0 Å². The second kappa shape index (κ2) is 5.83. The third-order valence-corrected chi connectivity index (χ3v) is 4.93. The summed E-state index contributed by atoms with van der Waals surface area (Å²) in [5, 5.41) is 12.3. The monoisotopic (exact) mass is 349 g/mol. The predicted molar refractivity (Wildman–Crippen MR) is 103 cm³/mol. The molecule has 1 aromatic carbocycles. The first-order chi connectivity index (χ1) is 12.4. The standard InChI is InChI=1S/C20H23N5O/c1-9(21)17(10(2)22)15-7-14(18-11(3)25-26-12(18)4)8-16-19(15)24-20(23-16)13-5-6-13/h7-8,13,21H,5-6,22H2,1-4H3,(H,23,24). The molecule has 2 aromatic heterocycles. The van der Waals surface area contributed by atoms with E-state index in [1.807, 2.05) is 20.8 Å². The van der Waals surface area contributed by atoms with Crippen molar-refractivity contribution in [1.82, 2.24) is 15.1 Å². The average Bonchev–Trinajstić information content (AvgIpc) is 3.23. The molecule has 134 valence electrons. The molecule has 0 spiro atoms. The van der Waals surface area contributed by atoms with E-state index in [0.29, 0.717) is 17.3 Å². The van der Waals surface area contributed by atoms with Gasteiger partial charge in [0.25, 0.3) is 0 Å². The van der Waals surface area contributed by atoms with Crippen LogP contribution in [0.5, 0.6) is 0 Å². The number of imidazole rings is 1. The summed E-state index contributed by atoms with van der Waals surface area (Å²) >= 11 is 0. The number of nitrogens with zero attached hydrogens (tertiary/aromatic N) is 2. The lowest BCUT2D eigenvalue weighted by Gasteiger charge is -2.12. The second-order valence-corrected chi connectivity index (χ2v) is 7.20. The smallest absolute Gasteiger partial charge is 0.141 e. The number of hydrogen-bond donors (Lipinski definition) is 3. The van der Waals surface area contributed by atoms with E-state index in [1.165, 1.54) is 12.8 Å².